The van der Waals surface area contributed by atoms with Crippen LogP contribution in [0.2, 0.25) is 0 Å². The van der Waals surface area contributed by atoms with Crippen LogP contribution in [0.15, 0.2) is 21.9 Å². The fourth-order valence-corrected chi connectivity index (χ4v) is 3.12. The van der Waals surface area contributed by atoms with Crippen LogP contribution in [0.3, 0.4) is 0 Å². The number of carboxylic acids is 1. The van der Waals surface area contributed by atoms with Crippen molar-refractivity contribution in [3.63, 3.8) is 0 Å². The molecule has 0 spiro atoms. The van der Waals surface area contributed by atoms with Crippen LogP contribution in [-0.2, 0) is 11.3 Å². The second-order valence-corrected chi connectivity index (χ2v) is 5.91. The number of hydrogen-bond acceptors (Lipinski definition) is 6. The molecular formula is C13H15N3O3S. The zero-order valence-electron chi connectivity index (χ0n) is 10.9. The molecule has 7 heteroatoms. The number of hydrogen-bond donors (Lipinski definition) is 1. The molecular weight excluding hydrogens is 278 g/mol. The molecule has 0 bridgehead atoms. The summed E-state index contributed by atoms with van der Waals surface area (Å²) < 4.78 is 5.64. The molecule has 0 radical (unpaired) electrons. The fraction of sp³-hybridized carbons (Fsp3) is 0.462. The highest BCUT2D eigenvalue weighted by Gasteiger charge is 2.25. The Kier molecular flexibility index (Phi) is 3.79. The van der Waals surface area contributed by atoms with Crippen LogP contribution in [0.4, 0.5) is 0 Å². The van der Waals surface area contributed by atoms with Crippen molar-refractivity contribution in [2.45, 2.75) is 19.4 Å². The molecule has 1 unspecified atom stereocenters. The van der Waals surface area contributed by atoms with Gasteiger partial charge in [0.05, 0.1) is 11.4 Å². The number of likely N-dealkylation sites (tertiary alicyclic amines) is 1. The van der Waals surface area contributed by atoms with Crippen LogP contribution in [0.5, 0.6) is 0 Å². The maximum atomic E-state index is 10.7. The van der Waals surface area contributed by atoms with Gasteiger partial charge in [0.25, 0.3) is 5.89 Å². The number of rotatable bonds is 5. The van der Waals surface area contributed by atoms with E-state index in [4.69, 9.17) is 9.52 Å². The number of carbonyl (C=O) groups is 1. The SMILES string of the molecule is O=C(O)CC1CCN(Cc2nnc(-c3cccs3)o2)C1. The Morgan fingerprint density at radius 2 is 2.45 bits per heavy atom. The van der Waals surface area contributed by atoms with Crippen LogP contribution in [0, 0.1) is 5.92 Å². The van der Waals surface area contributed by atoms with Gasteiger partial charge in [-0.2, -0.15) is 0 Å². The topological polar surface area (TPSA) is 79.5 Å². The molecule has 3 heterocycles. The standard InChI is InChI=1S/C13H15N3O3S/c17-12(18)6-9-3-4-16(7-9)8-11-14-15-13(19-11)10-2-1-5-20-10/h1-2,5,9H,3-4,6-8H2,(H,17,18). The Morgan fingerprint density at radius 3 is 3.20 bits per heavy atom. The van der Waals surface area contributed by atoms with E-state index >= 15 is 0 Å². The highest BCUT2D eigenvalue weighted by atomic mass is 32.1. The Labute approximate surface area is 120 Å². The van der Waals surface area contributed by atoms with Crippen molar-refractivity contribution in [3.8, 4) is 10.8 Å². The minimum Gasteiger partial charge on any atom is -0.481 e. The molecule has 1 aliphatic heterocycles. The van der Waals surface area contributed by atoms with Gasteiger partial charge in [0.1, 0.15) is 0 Å². The number of aliphatic carboxylic acids is 1. The predicted octanol–water partition coefficient (Wildman–Crippen LogP) is 2.09. The third-order valence-corrected chi connectivity index (χ3v) is 4.25. The molecule has 0 aromatic carbocycles. The van der Waals surface area contributed by atoms with Crippen LogP contribution >= 0.6 is 11.3 Å². The average molecular weight is 293 g/mol. The van der Waals surface area contributed by atoms with Gasteiger partial charge in [0.15, 0.2) is 0 Å². The summed E-state index contributed by atoms with van der Waals surface area (Å²) in [5.74, 6) is 0.641. The Bertz CT molecular complexity index is 581. The van der Waals surface area contributed by atoms with Gasteiger partial charge < -0.3 is 9.52 Å². The van der Waals surface area contributed by atoms with E-state index in [9.17, 15) is 4.79 Å². The molecule has 2 aromatic rings. The smallest absolute Gasteiger partial charge is 0.303 e. The number of nitrogens with zero attached hydrogens (tertiary/aromatic N) is 3. The summed E-state index contributed by atoms with van der Waals surface area (Å²) in [6.07, 6.45) is 1.15. The molecule has 1 atom stereocenters. The predicted molar refractivity (Wildman–Crippen MR) is 73.2 cm³/mol. The van der Waals surface area contributed by atoms with Crippen molar-refractivity contribution in [3.05, 3.63) is 23.4 Å². The first-order valence-electron chi connectivity index (χ1n) is 6.51. The van der Waals surface area contributed by atoms with E-state index in [0.717, 1.165) is 24.4 Å². The third kappa shape index (κ3) is 3.05. The molecule has 3 rings (SSSR count). The molecule has 0 aliphatic carbocycles. The van der Waals surface area contributed by atoms with Gasteiger partial charge in [-0.25, -0.2) is 0 Å². The molecule has 2 aromatic heterocycles. The summed E-state index contributed by atoms with van der Waals surface area (Å²) in [5, 5.41) is 18.9. The Balaban J connectivity index is 1.58. The van der Waals surface area contributed by atoms with E-state index in [0.29, 0.717) is 18.3 Å². The van der Waals surface area contributed by atoms with Crippen molar-refractivity contribution >= 4 is 17.3 Å². The van der Waals surface area contributed by atoms with E-state index in [1.54, 1.807) is 11.3 Å². The number of carboxylic acid groups (broad SMARTS) is 1. The lowest BCUT2D eigenvalue weighted by Gasteiger charge is -2.12. The molecule has 1 N–H and O–H groups in total. The summed E-state index contributed by atoms with van der Waals surface area (Å²) in [6.45, 7) is 2.26. The highest BCUT2D eigenvalue weighted by Crippen LogP contribution is 2.25. The zero-order valence-corrected chi connectivity index (χ0v) is 11.7. The zero-order chi connectivity index (χ0) is 13.9. The summed E-state index contributed by atoms with van der Waals surface area (Å²) in [4.78, 5) is 13.8. The molecule has 0 amide bonds. The van der Waals surface area contributed by atoms with Gasteiger partial charge in [-0.1, -0.05) is 6.07 Å². The highest BCUT2D eigenvalue weighted by molar-refractivity contribution is 7.13. The van der Waals surface area contributed by atoms with E-state index < -0.39 is 5.97 Å². The normalized spacial score (nSPS) is 19.5. The van der Waals surface area contributed by atoms with Gasteiger partial charge >= 0.3 is 5.97 Å². The lowest BCUT2D eigenvalue weighted by atomic mass is 10.1. The molecule has 106 valence electrons. The second kappa shape index (κ2) is 5.72. The Hall–Kier alpha value is -1.73. The van der Waals surface area contributed by atoms with Crippen molar-refractivity contribution in [2.75, 3.05) is 13.1 Å². The van der Waals surface area contributed by atoms with Gasteiger partial charge in [-0.05, 0) is 30.3 Å². The minimum absolute atomic E-state index is 0.229. The first kappa shape index (κ1) is 13.3. The van der Waals surface area contributed by atoms with E-state index in [2.05, 4.69) is 15.1 Å². The van der Waals surface area contributed by atoms with E-state index in [1.807, 2.05) is 17.5 Å². The molecule has 0 saturated carbocycles. The lowest BCUT2D eigenvalue weighted by Crippen LogP contribution is -2.21. The Morgan fingerprint density at radius 1 is 1.55 bits per heavy atom. The fourth-order valence-electron chi connectivity index (χ4n) is 2.48. The largest absolute Gasteiger partial charge is 0.481 e. The maximum Gasteiger partial charge on any atom is 0.303 e. The summed E-state index contributed by atoms with van der Waals surface area (Å²) in [7, 11) is 0. The van der Waals surface area contributed by atoms with Gasteiger partial charge in [0.2, 0.25) is 5.89 Å². The average Bonchev–Trinajstić information content (AvgIpc) is 3.09. The summed E-state index contributed by atoms with van der Waals surface area (Å²) >= 11 is 1.56. The van der Waals surface area contributed by atoms with E-state index in [-0.39, 0.29) is 12.3 Å². The lowest BCUT2D eigenvalue weighted by molar-refractivity contribution is -0.138. The summed E-state index contributed by atoms with van der Waals surface area (Å²) in [5.41, 5.74) is 0. The first-order valence-corrected chi connectivity index (χ1v) is 7.39. The second-order valence-electron chi connectivity index (χ2n) is 4.97. The number of thiophene rings is 1. The van der Waals surface area contributed by atoms with Crippen LogP contribution in [-0.4, -0.2) is 39.3 Å². The van der Waals surface area contributed by atoms with Crippen molar-refractivity contribution < 1.29 is 14.3 Å². The van der Waals surface area contributed by atoms with Crippen LogP contribution < -0.4 is 0 Å². The number of aromatic nitrogens is 2. The summed E-state index contributed by atoms with van der Waals surface area (Å²) in [6, 6.07) is 3.89. The van der Waals surface area contributed by atoms with Crippen LogP contribution in [0.1, 0.15) is 18.7 Å². The van der Waals surface area contributed by atoms with Crippen LogP contribution in [0.25, 0.3) is 10.8 Å². The maximum absolute atomic E-state index is 10.7. The first-order chi connectivity index (χ1) is 9.70. The molecule has 1 aliphatic rings. The van der Waals surface area contributed by atoms with Gasteiger partial charge in [-0.15, -0.1) is 21.5 Å². The van der Waals surface area contributed by atoms with Crippen molar-refractivity contribution in [1.29, 1.82) is 0 Å². The molecule has 1 saturated heterocycles. The minimum atomic E-state index is -0.727. The van der Waals surface area contributed by atoms with Gasteiger partial charge in [-0.3, -0.25) is 9.69 Å². The third-order valence-electron chi connectivity index (χ3n) is 3.39. The quantitative estimate of drug-likeness (QED) is 0.909. The molecule has 6 nitrogen and oxygen atoms in total. The van der Waals surface area contributed by atoms with Crippen molar-refractivity contribution in [1.82, 2.24) is 15.1 Å². The van der Waals surface area contributed by atoms with Crippen molar-refractivity contribution in [2.24, 2.45) is 5.92 Å². The van der Waals surface area contributed by atoms with E-state index in [1.165, 1.54) is 0 Å². The van der Waals surface area contributed by atoms with Gasteiger partial charge in [0, 0.05) is 13.0 Å². The monoisotopic (exact) mass is 293 g/mol. The molecule has 1 fully saturated rings. The molecule has 20 heavy (non-hydrogen) atoms.